The minimum absolute atomic E-state index is 0.310. The van der Waals surface area contributed by atoms with Gasteiger partial charge in [0.25, 0.3) is 0 Å². The Morgan fingerprint density at radius 2 is 1.86 bits per heavy atom. The van der Waals surface area contributed by atoms with Crippen LogP contribution in [0.3, 0.4) is 0 Å². The Bertz CT molecular complexity index is 302. The molecule has 0 radical (unpaired) electrons. The van der Waals surface area contributed by atoms with Gasteiger partial charge in [-0.15, -0.1) is 0 Å². The molecule has 0 aliphatic rings. The van der Waals surface area contributed by atoms with Crippen LogP contribution in [-0.2, 0) is 0 Å². The van der Waals surface area contributed by atoms with Gasteiger partial charge in [0.2, 0.25) is 0 Å². The molecule has 0 aliphatic carbocycles. The zero-order valence-electron chi connectivity index (χ0n) is 9.54. The van der Waals surface area contributed by atoms with Crippen LogP contribution in [0.25, 0.3) is 0 Å². The molecular weight excluding hydrogens is 172 g/mol. The molecule has 0 spiro atoms. The Labute approximate surface area is 86.8 Å². The quantitative estimate of drug-likeness (QED) is 0.778. The van der Waals surface area contributed by atoms with E-state index in [9.17, 15) is 5.11 Å². The van der Waals surface area contributed by atoms with Crippen molar-refractivity contribution in [2.24, 2.45) is 5.92 Å². The van der Waals surface area contributed by atoms with Gasteiger partial charge in [0.1, 0.15) is 0 Å². The summed E-state index contributed by atoms with van der Waals surface area (Å²) in [6.45, 7) is 8.43. The Hall–Kier alpha value is -0.820. The van der Waals surface area contributed by atoms with Crippen molar-refractivity contribution in [3.8, 4) is 0 Å². The van der Waals surface area contributed by atoms with Crippen molar-refractivity contribution < 1.29 is 5.11 Å². The predicted octanol–water partition coefficient (Wildman–Crippen LogP) is 3.38. The zero-order valence-corrected chi connectivity index (χ0v) is 9.54. The molecule has 0 saturated carbocycles. The highest BCUT2D eigenvalue weighted by Gasteiger charge is 2.12. The van der Waals surface area contributed by atoms with E-state index in [0.717, 1.165) is 12.0 Å². The predicted molar refractivity (Wildman–Crippen MR) is 60.3 cm³/mol. The Kier molecular flexibility index (Phi) is 3.70. The van der Waals surface area contributed by atoms with Gasteiger partial charge in [-0.2, -0.15) is 0 Å². The molecule has 0 amide bonds. The second-order valence-electron chi connectivity index (χ2n) is 4.43. The van der Waals surface area contributed by atoms with E-state index in [1.165, 1.54) is 11.1 Å². The molecule has 0 heterocycles. The van der Waals surface area contributed by atoms with Gasteiger partial charge >= 0.3 is 0 Å². The summed E-state index contributed by atoms with van der Waals surface area (Å²) >= 11 is 0. The highest BCUT2D eigenvalue weighted by molar-refractivity contribution is 5.34. The number of aryl methyl sites for hydroxylation is 1. The standard InChI is InChI=1S/C13H20O/c1-9(2)8-13(14)12-7-5-6-10(3)11(12)4/h5-7,9,13-14H,8H2,1-4H3. The molecule has 1 rings (SSSR count). The lowest BCUT2D eigenvalue weighted by Crippen LogP contribution is -2.04. The summed E-state index contributed by atoms with van der Waals surface area (Å²) in [4.78, 5) is 0. The van der Waals surface area contributed by atoms with Crippen molar-refractivity contribution in [3.05, 3.63) is 34.9 Å². The molecule has 1 unspecified atom stereocenters. The van der Waals surface area contributed by atoms with Crippen molar-refractivity contribution in [3.63, 3.8) is 0 Å². The number of hydrogen-bond acceptors (Lipinski definition) is 1. The Morgan fingerprint density at radius 3 is 2.43 bits per heavy atom. The van der Waals surface area contributed by atoms with Crippen molar-refractivity contribution in [2.45, 2.75) is 40.2 Å². The van der Waals surface area contributed by atoms with E-state index >= 15 is 0 Å². The second-order valence-corrected chi connectivity index (χ2v) is 4.43. The molecule has 1 heteroatoms. The van der Waals surface area contributed by atoms with Gasteiger partial charge < -0.3 is 5.11 Å². The summed E-state index contributed by atoms with van der Waals surface area (Å²) in [5, 5.41) is 10.00. The molecule has 0 bridgehead atoms. The maximum atomic E-state index is 10.00. The smallest absolute Gasteiger partial charge is 0.0795 e. The summed E-state index contributed by atoms with van der Waals surface area (Å²) in [5.41, 5.74) is 3.56. The van der Waals surface area contributed by atoms with E-state index in [0.29, 0.717) is 5.92 Å². The molecular formula is C13H20O. The maximum absolute atomic E-state index is 10.00. The Morgan fingerprint density at radius 1 is 1.21 bits per heavy atom. The van der Waals surface area contributed by atoms with Gasteiger partial charge in [0, 0.05) is 0 Å². The summed E-state index contributed by atoms with van der Waals surface area (Å²) in [5.74, 6) is 0.532. The fraction of sp³-hybridized carbons (Fsp3) is 0.538. The van der Waals surface area contributed by atoms with E-state index in [1.54, 1.807) is 0 Å². The van der Waals surface area contributed by atoms with Crippen LogP contribution in [0.1, 0.15) is 43.1 Å². The molecule has 1 aromatic rings. The van der Waals surface area contributed by atoms with E-state index in [-0.39, 0.29) is 6.10 Å². The van der Waals surface area contributed by atoms with Crippen LogP contribution >= 0.6 is 0 Å². The molecule has 1 aromatic carbocycles. The van der Waals surface area contributed by atoms with Crippen LogP contribution in [0.5, 0.6) is 0 Å². The largest absolute Gasteiger partial charge is 0.388 e. The fourth-order valence-electron chi connectivity index (χ4n) is 1.71. The van der Waals surface area contributed by atoms with Crippen LogP contribution in [0, 0.1) is 19.8 Å². The molecule has 0 aliphatic heterocycles. The lowest BCUT2D eigenvalue weighted by Gasteiger charge is -2.16. The molecule has 0 aromatic heterocycles. The molecule has 0 fully saturated rings. The first-order valence-electron chi connectivity index (χ1n) is 5.26. The monoisotopic (exact) mass is 192 g/mol. The van der Waals surface area contributed by atoms with Gasteiger partial charge in [-0.05, 0) is 42.9 Å². The van der Waals surface area contributed by atoms with Gasteiger partial charge in [0.15, 0.2) is 0 Å². The molecule has 14 heavy (non-hydrogen) atoms. The molecule has 1 nitrogen and oxygen atoms in total. The number of aliphatic hydroxyl groups is 1. The third kappa shape index (κ3) is 2.58. The van der Waals surface area contributed by atoms with Crippen LogP contribution in [0.4, 0.5) is 0 Å². The SMILES string of the molecule is Cc1cccc(C(O)CC(C)C)c1C. The third-order valence-electron chi connectivity index (χ3n) is 2.70. The van der Waals surface area contributed by atoms with Crippen molar-refractivity contribution in [1.29, 1.82) is 0 Å². The second kappa shape index (κ2) is 4.61. The van der Waals surface area contributed by atoms with E-state index < -0.39 is 0 Å². The lowest BCUT2D eigenvalue weighted by molar-refractivity contribution is 0.150. The zero-order chi connectivity index (χ0) is 10.7. The van der Waals surface area contributed by atoms with Gasteiger partial charge in [-0.3, -0.25) is 0 Å². The Balaban J connectivity index is 2.89. The highest BCUT2D eigenvalue weighted by Crippen LogP contribution is 2.25. The molecule has 78 valence electrons. The van der Waals surface area contributed by atoms with E-state index in [2.05, 4.69) is 33.8 Å². The van der Waals surface area contributed by atoms with Gasteiger partial charge in [-0.25, -0.2) is 0 Å². The average Bonchev–Trinajstić information content (AvgIpc) is 2.08. The first-order valence-corrected chi connectivity index (χ1v) is 5.26. The molecule has 1 atom stereocenters. The third-order valence-corrected chi connectivity index (χ3v) is 2.70. The normalized spacial score (nSPS) is 13.3. The van der Waals surface area contributed by atoms with Crippen LogP contribution in [0.15, 0.2) is 18.2 Å². The number of rotatable bonds is 3. The number of benzene rings is 1. The summed E-state index contributed by atoms with van der Waals surface area (Å²) in [7, 11) is 0. The van der Waals surface area contributed by atoms with Gasteiger partial charge in [-0.1, -0.05) is 32.0 Å². The summed E-state index contributed by atoms with van der Waals surface area (Å²) < 4.78 is 0. The first kappa shape index (κ1) is 11.3. The van der Waals surface area contributed by atoms with Crippen LogP contribution in [-0.4, -0.2) is 5.11 Å². The fourth-order valence-corrected chi connectivity index (χ4v) is 1.71. The molecule has 1 N–H and O–H groups in total. The number of hydrogen-bond donors (Lipinski definition) is 1. The van der Waals surface area contributed by atoms with Crippen LogP contribution in [0.2, 0.25) is 0 Å². The minimum Gasteiger partial charge on any atom is -0.388 e. The summed E-state index contributed by atoms with van der Waals surface area (Å²) in [6, 6.07) is 6.12. The van der Waals surface area contributed by atoms with E-state index in [4.69, 9.17) is 0 Å². The molecule has 0 saturated heterocycles. The van der Waals surface area contributed by atoms with E-state index in [1.807, 2.05) is 12.1 Å². The maximum Gasteiger partial charge on any atom is 0.0795 e. The average molecular weight is 192 g/mol. The summed E-state index contributed by atoms with van der Waals surface area (Å²) in [6.07, 6.45) is 0.527. The lowest BCUT2D eigenvalue weighted by atomic mass is 9.94. The first-order chi connectivity index (χ1) is 6.52. The van der Waals surface area contributed by atoms with Crippen molar-refractivity contribution >= 4 is 0 Å². The van der Waals surface area contributed by atoms with Crippen molar-refractivity contribution in [1.82, 2.24) is 0 Å². The van der Waals surface area contributed by atoms with Crippen molar-refractivity contribution in [2.75, 3.05) is 0 Å². The highest BCUT2D eigenvalue weighted by atomic mass is 16.3. The van der Waals surface area contributed by atoms with Gasteiger partial charge in [0.05, 0.1) is 6.10 Å². The number of aliphatic hydroxyl groups excluding tert-OH is 1. The minimum atomic E-state index is -0.310. The van der Waals surface area contributed by atoms with Crippen LogP contribution < -0.4 is 0 Å². The topological polar surface area (TPSA) is 20.2 Å².